The van der Waals surface area contributed by atoms with Gasteiger partial charge in [-0.1, -0.05) is 6.07 Å². The van der Waals surface area contributed by atoms with Gasteiger partial charge in [-0.15, -0.1) is 0 Å². The fraction of sp³-hybridized carbons (Fsp3) is 0.615. The van der Waals surface area contributed by atoms with Gasteiger partial charge < -0.3 is 10.6 Å². The van der Waals surface area contributed by atoms with Gasteiger partial charge in [0, 0.05) is 18.8 Å². The number of hydrogen-bond acceptors (Lipinski definition) is 3. The van der Waals surface area contributed by atoms with E-state index in [-0.39, 0.29) is 12.6 Å². The third kappa shape index (κ3) is 5.06. The number of nitrogens with two attached hydrogens (primary N) is 1. The van der Waals surface area contributed by atoms with Gasteiger partial charge in [0.15, 0.2) is 0 Å². The van der Waals surface area contributed by atoms with E-state index < -0.39 is 12.7 Å². The molecule has 108 valence electrons. The molecule has 0 aliphatic heterocycles. The van der Waals surface area contributed by atoms with E-state index >= 15 is 0 Å². The van der Waals surface area contributed by atoms with Gasteiger partial charge in [-0.25, -0.2) is 4.98 Å². The van der Waals surface area contributed by atoms with Crippen LogP contribution in [0.1, 0.15) is 25.0 Å². The third-order valence-corrected chi connectivity index (χ3v) is 2.72. The zero-order chi connectivity index (χ0) is 14.6. The molecule has 1 unspecified atom stereocenters. The number of aromatic nitrogens is 1. The summed E-state index contributed by atoms with van der Waals surface area (Å²) >= 11 is 0. The Labute approximate surface area is 111 Å². The van der Waals surface area contributed by atoms with Crippen LogP contribution >= 0.6 is 0 Å². The largest absolute Gasteiger partial charge is 0.405 e. The average Bonchev–Trinajstić information content (AvgIpc) is 2.24. The van der Waals surface area contributed by atoms with Crippen LogP contribution in [0, 0.1) is 6.92 Å². The first-order chi connectivity index (χ1) is 8.73. The lowest BCUT2D eigenvalue weighted by atomic mass is 10.1. The summed E-state index contributed by atoms with van der Waals surface area (Å²) in [5, 5.41) is 0. The summed E-state index contributed by atoms with van der Waals surface area (Å²) in [5.41, 5.74) is 7.38. The highest BCUT2D eigenvalue weighted by Crippen LogP contribution is 2.23. The van der Waals surface area contributed by atoms with E-state index in [2.05, 4.69) is 4.98 Å². The molecule has 0 fully saturated rings. The Kier molecular flexibility index (Phi) is 5.17. The normalized spacial score (nSPS) is 13.4. The highest BCUT2D eigenvalue weighted by Gasteiger charge is 2.31. The molecule has 0 aliphatic rings. The van der Waals surface area contributed by atoms with Crippen molar-refractivity contribution in [3.63, 3.8) is 0 Å². The van der Waals surface area contributed by atoms with Crippen molar-refractivity contribution in [2.75, 3.05) is 18.0 Å². The first-order valence-corrected chi connectivity index (χ1v) is 6.25. The summed E-state index contributed by atoms with van der Waals surface area (Å²) in [6, 6.07) is 1.86. The van der Waals surface area contributed by atoms with Crippen LogP contribution in [0.4, 0.5) is 19.0 Å². The molecular formula is C13H20F3N3. The van der Waals surface area contributed by atoms with Crippen molar-refractivity contribution in [1.29, 1.82) is 0 Å². The maximum Gasteiger partial charge on any atom is 0.405 e. The SMILES string of the molecule is CCN(CC(F)(F)F)c1ncc(CC(C)N)cc1C. The van der Waals surface area contributed by atoms with Crippen LogP contribution in [0.25, 0.3) is 0 Å². The van der Waals surface area contributed by atoms with E-state index in [0.717, 1.165) is 11.1 Å². The second kappa shape index (κ2) is 6.23. The molecule has 1 heterocycles. The van der Waals surface area contributed by atoms with E-state index in [0.29, 0.717) is 12.2 Å². The quantitative estimate of drug-likeness (QED) is 0.898. The molecule has 2 N–H and O–H groups in total. The van der Waals surface area contributed by atoms with Crippen LogP contribution in [0.5, 0.6) is 0 Å². The van der Waals surface area contributed by atoms with Gasteiger partial charge in [0.25, 0.3) is 0 Å². The Bertz CT molecular complexity index is 416. The number of halogens is 3. The number of hydrogen-bond donors (Lipinski definition) is 1. The van der Waals surface area contributed by atoms with Crippen LogP contribution in [0.3, 0.4) is 0 Å². The molecule has 6 heteroatoms. The van der Waals surface area contributed by atoms with Crippen molar-refractivity contribution in [2.45, 2.75) is 39.4 Å². The second-order valence-corrected chi connectivity index (χ2v) is 4.79. The van der Waals surface area contributed by atoms with Crippen LogP contribution in [-0.2, 0) is 6.42 Å². The lowest BCUT2D eigenvalue weighted by Crippen LogP contribution is -2.35. The summed E-state index contributed by atoms with van der Waals surface area (Å²) in [7, 11) is 0. The lowest BCUT2D eigenvalue weighted by Gasteiger charge is -2.25. The molecule has 0 aromatic carbocycles. The molecule has 0 aliphatic carbocycles. The highest BCUT2D eigenvalue weighted by molar-refractivity contribution is 5.47. The molecule has 0 saturated carbocycles. The van der Waals surface area contributed by atoms with Crippen LogP contribution in [0.2, 0.25) is 0 Å². The summed E-state index contributed by atoms with van der Waals surface area (Å²) in [4.78, 5) is 5.38. The number of alkyl halides is 3. The Balaban J connectivity index is 2.93. The molecule has 1 aromatic heterocycles. The minimum absolute atomic E-state index is 0.00417. The molecule has 0 amide bonds. The van der Waals surface area contributed by atoms with Gasteiger partial charge in [-0.05, 0) is 38.3 Å². The summed E-state index contributed by atoms with van der Waals surface area (Å²) in [5.74, 6) is 0.383. The van der Waals surface area contributed by atoms with Crippen molar-refractivity contribution in [3.05, 3.63) is 23.4 Å². The van der Waals surface area contributed by atoms with Gasteiger partial charge in [0.2, 0.25) is 0 Å². The predicted octanol–water partition coefficient (Wildman–Crippen LogP) is 2.67. The van der Waals surface area contributed by atoms with Gasteiger partial charge >= 0.3 is 6.18 Å². The Hall–Kier alpha value is -1.30. The number of anilines is 1. The van der Waals surface area contributed by atoms with E-state index in [1.807, 2.05) is 13.0 Å². The van der Waals surface area contributed by atoms with E-state index in [4.69, 9.17) is 5.73 Å². The molecule has 0 saturated heterocycles. The topological polar surface area (TPSA) is 42.2 Å². The summed E-state index contributed by atoms with van der Waals surface area (Å²) in [6.07, 6.45) is -1.96. The monoisotopic (exact) mass is 275 g/mol. The zero-order valence-corrected chi connectivity index (χ0v) is 11.5. The summed E-state index contributed by atoms with van der Waals surface area (Å²) < 4.78 is 37.4. The number of aryl methyl sites for hydroxylation is 1. The Morgan fingerprint density at radius 2 is 2.05 bits per heavy atom. The maximum absolute atomic E-state index is 12.5. The Morgan fingerprint density at radius 1 is 1.42 bits per heavy atom. The second-order valence-electron chi connectivity index (χ2n) is 4.79. The van der Waals surface area contributed by atoms with Gasteiger partial charge in [-0.2, -0.15) is 13.2 Å². The lowest BCUT2D eigenvalue weighted by molar-refractivity contribution is -0.119. The molecule has 0 radical (unpaired) electrons. The van der Waals surface area contributed by atoms with Crippen molar-refractivity contribution in [1.82, 2.24) is 4.98 Å². The van der Waals surface area contributed by atoms with Gasteiger partial charge in [0.1, 0.15) is 12.4 Å². The fourth-order valence-corrected chi connectivity index (χ4v) is 1.99. The Morgan fingerprint density at radius 3 is 2.47 bits per heavy atom. The van der Waals surface area contributed by atoms with E-state index in [1.165, 1.54) is 4.90 Å². The van der Waals surface area contributed by atoms with Crippen molar-refractivity contribution >= 4 is 5.82 Å². The van der Waals surface area contributed by atoms with Crippen LogP contribution < -0.4 is 10.6 Å². The van der Waals surface area contributed by atoms with Crippen molar-refractivity contribution < 1.29 is 13.2 Å². The van der Waals surface area contributed by atoms with Crippen molar-refractivity contribution in [3.8, 4) is 0 Å². The smallest absolute Gasteiger partial charge is 0.348 e. The zero-order valence-electron chi connectivity index (χ0n) is 11.5. The molecule has 0 bridgehead atoms. The van der Waals surface area contributed by atoms with E-state index in [9.17, 15) is 13.2 Å². The standard InChI is InChI=1S/C13H20F3N3/c1-4-19(8-13(14,15)16)12-9(2)5-11(7-18-12)6-10(3)17/h5,7,10H,4,6,8,17H2,1-3H3. The number of nitrogens with zero attached hydrogens (tertiary/aromatic N) is 2. The third-order valence-electron chi connectivity index (χ3n) is 2.72. The predicted molar refractivity (Wildman–Crippen MR) is 70.3 cm³/mol. The van der Waals surface area contributed by atoms with Crippen LogP contribution in [0.15, 0.2) is 12.3 Å². The fourth-order valence-electron chi connectivity index (χ4n) is 1.99. The van der Waals surface area contributed by atoms with Gasteiger partial charge in [-0.3, -0.25) is 0 Å². The maximum atomic E-state index is 12.5. The minimum atomic E-state index is -4.23. The molecule has 0 spiro atoms. The number of rotatable bonds is 5. The molecule has 3 nitrogen and oxygen atoms in total. The minimum Gasteiger partial charge on any atom is -0.348 e. The molecular weight excluding hydrogens is 255 g/mol. The molecule has 19 heavy (non-hydrogen) atoms. The first kappa shape index (κ1) is 15.8. The van der Waals surface area contributed by atoms with Crippen molar-refractivity contribution in [2.24, 2.45) is 5.73 Å². The first-order valence-electron chi connectivity index (χ1n) is 6.25. The molecule has 1 rings (SSSR count). The average molecular weight is 275 g/mol. The van der Waals surface area contributed by atoms with E-state index in [1.54, 1.807) is 20.0 Å². The van der Waals surface area contributed by atoms with Gasteiger partial charge in [0.05, 0.1) is 0 Å². The highest BCUT2D eigenvalue weighted by atomic mass is 19.4. The molecule has 1 atom stereocenters. The molecule has 1 aromatic rings. The number of pyridine rings is 1. The van der Waals surface area contributed by atoms with Crippen LogP contribution in [-0.4, -0.2) is 30.3 Å². The summed E-state index contributed by atoms with van der Waals surface area (Å²) in [6.45, 7) is 4.62.